The lowest BCUT2D eigenvalue weighted by atomic mass is 10.1. The maximum Gasteiger partial charge on any atom is 0.251 e. The minimum atomic E-state index is -0.130. The van der Waals surface area contributed by atoms with Gasteiger partial charge in [-0.2, -0.15) is 0 Å². The number of aryl methyl sites for hydroxylation is 3. The topological polar surface area (TPSA) is 85.3 Å². The number of carbonyl (C=O) groups excluding carboxylic acids is 1. The van der Waals surface area contributed by atoms with E-state index in [9.17, 15) is 4.79 Å². The number of aromatic nitrogens is 4. The predicted octanol–water partition coefficient (Wildman–Crippen LogP) is 1.62. The lowest BCUT2D eigenvalue weighted by molar-refractivity contribution is 0.0954. The number of hydrogen-bond donors (Lipinski definition) is 1. The number of nitrogens with one attached hydrogen (secondary N) is 1. The van der Waals surface area contributed by atoms with Gasteiger partial charge in [-0.15, -0.1) is 10.2 Å². The first-order valence-electron chi connectivity index (χ1n) is 7.07. The van der Waals surface area contributed by atoms with Gasteiger partial charge in [0.2, 0.25) is 0 Å². The van der Waals surface area contributed by atoms with Gasteiger partial charge in [0.25, 0.3) is 5.91 Å². The number of hydrogen-bond acceptors (Lipinski definition) is 5. The summed E-state index contributed by atoms with van der Waals surface area (Å²) in [6.07, 6.45) is 2.49. The Labute approximate surface area is 127 Å². The molecule has 7 heteroatoms. The average Bonchev–Trinajstić information content (AvgIpc) is 3.03. The van der Waals surface area contributed by atoms with Gasteiger partial charge in [0.05, 0.1) is 5.69 Å². The molecule has 0 fully saturated rings. The van der Waals surface area contributed by atoms with Crippen molar-refractivity contribution in [3.8, 4) is 0 Å². The molecular weight excluding hydrogens is 282 g/mol. The van der Waals surface area contributed by atoms with Gasteiger partial charge >= 0.3 is 0 Å². The first-order chi connectivity index (χ1) is 10.6. The number of carbonyl (C=O) groups is 1. The van der Waals surface area contributed by atoms with E-state index in [1.807, 2.05) is 25.2 Å². The van der Waals surface area contributed by atoms with Crippen LogP contribution in [0.5, 0.6) is 0 Å². The highest BCUT2D eigenvalue weighted by molar-refractivity contribution is 5.95. The minimum absolute atomic E-state index is 0.130. The van der Waals surface area contributed by atoms with Crippen LogP contribution in [0.25, 0.3) is 5.65 Å². The Morgan fingerprint density at radius 3 is 2.86 bits per heavy atom. The van der Waals surface area contributed by atoms with Crippen molar-refractivity contribution in [1.29, 1.82) is 0 Å². The molecule has 0 atom stereocenters. The van der Waals surface area contributed by atoms with Crippen LogP contribution in [0.1, 0.15) is 33.2 Å². The second kappa shape index (κ2) is 5.59. The third kappa shape index (κ3) is 2.57. The van der Waals surface area contributed by atoms with E-state index in [1.54, 1.807) is 18.3 Å². The van der Waals surface area contributed by atoms with Gasteiger partial charge in [0.15, 0.2) is 5.65 Å². The highest BCUT2D eigenvalue weighted by Gasteiger charge is 2.11. The highest BCUT2D eigenvalue weighted by atomic mass is 16.5. The Hall–Kier alpha value is -2.70. The summed E-state index contributed by atoms with van der Waals surface area (Å²) in [7, 11) is 0. The molecule has 7 nitrogen and oxygen atoms in total. The van der Waals surface area contributed by atoms with Crippen LogP contribution in [0.3, 0.4) is 0 Å². The highest BCUT2D eigenvalue weighted by Crippen LogP contribution is 2.12. The van der Waals surface area contributed by atoms with Crippen molar-refractivity contribution in [3.05, 3.63) is 46.7 Å². The Morgan fingerprint density at radius 1 is 1.32 bits per heavy atom. The summed E-state index contributed by atoms with van der Waals surface area (Å²) in [5.41, 5.74) is 3.14. The fraction of sp³-hybridized carbons (Fsp3) is 0.333. The first kappa shape index (κ1) is 14.2. The molecule has 0 saturated heterocycles. The predicted molar refractivity (Wildman–Crippen MR) is 79.7 cm³/mol. The van der Waals surface area contributed by atoms with Crippen molar-refractivity contribution < 1.29 is 9.32 Å². The fourth-order valence-corrected chi connectivity index (χ4v) is 2.41. The summed E-state index contributed by atoms with van der Waals surface area (Å²) in [6, 6.07) is 3.49. The fourth-order valence-electron chi connectivity index (χ4n) is 2.41. The average molecular weight is 299 g/mol. The normalized spacial score (nSPS) is 11.0. The zero-order chi connectivity index (χ0) is 15.7. The van der Waals surface area contributed by atoms with Gasteiger partial charge in [-0.1, -0.05) is 5.16 Å². The van der Waals surface area contributed by atoms with Gasteiger partial charge in [-0.25, -0.2) is 0 Å². The van der Waals surface area contributed by atoms with E-state index < -0.39 is 0 Å². The summed E-state index contributed by atoms with van der Waals surface area (Å²) in [5, 5.41) is 14.8. The van der Waals surface area contributed by atoms with Crippen molar-refractivity contribution in [2.24, 2.45) is 0 Å². The van der Waals surface area contributed by atoms with Gasteiger partial charge in [-0.3, -0.25) is 9.20 Å². The van der Waals surface area contributed by atoms with E-state index in [0.29, 0.717) is 24.2 Å². The standard InChI is InChI=1S/C15H17N5O2/c1-9-13(10(2)22-19-9)4-6-16-15(21)12-5-7-20-11(3)17-18-14(20)8-12/h5,7-8H,4,6H2,1-3H3,(H,16,21). The van der Waals surface area contributed by atoms with E-state index >= 15 is 0 Å². The van der Waals surface area contributed by atoms with Crippen LogP contribution in [0, 0.1) is 20.8 Å². The summed E-state index contributed by atoms with van der Waals surface area (Å²) in [4.78, 5) is 12.2. The molecule has 0 unspecified atom stereocenters. The van der Waals surface area contributed by atoms with Crippen molar-refractivity contribution in [3.63, 3.8) is 0 Å². The molecule has 0 bridgehead atoms. The summed E-state index contributed by atoms with van der Waals surface area (Å²) in [6.45, 7) is 6.16. The number of rotatable bonds is 4. The largest absolute Gasteiger partial charge is 0.361 e. The molecule has 3 aromatic rings. The van der Waals surface area contributed by atoms with Crippen LogP contribution in [0.4, 0.5) is 0 Å². The van der Waals surface area contributed by atoms with Gasteiger partial charge in [0.1, 0.15) is 11.6 Å². The summed E-state index contributed by atoms with van der Waals surface area (Å²) in [5.74, 6) is 1.46. The van der Waals surface area contributed by atoms with Crippen LogP contribution in [-0.2, 0) is 6.42 Å². The zero-order valence-electron chi connectivity index (χ0n) is 12.8. The minimum Gasteiger partial charge on any atom is -0.361 e. The van der Waals surface area contributed by atoms with Crippen LogP contribution in [0.2, 0.25) is 0 Å². The van der Waals surface area contributed by atoms with Crippen molar-refractivity contribution in [1.82, 2.24) is 25.1 Å². The monoisotopic (exact) mass is 299 g/mol. The van der Waals surface area contributed by atoms with E-state index in [-0.39, 0.29) is 5.91 Å². The Balaban J connectivity index is 1.66. The molecule has 3 heterocycles. The summed E-state index contributed by atoms with van der Waals surface area (Å²) < 4.78 is 6.94. The smallest absolute Gasteiger partial charge is 0.251 e. The molecule has 0 aliphatic carbocycles. The van der Waals surface area contributed by atoms with E-state index in [4.69, 9.17) is 4.52 Å². The molecule has 0 radical (unpaired) electrons. The van der Waals surface area contributed by atoms with Crippen LogP contribution >= 0.6 is 0 Å². The first-order valence-corrected chi connectivity index (χ1v) is 7.07. The zero-order valence-corrected chi connectivity index (χ0v) is 12.8. The molecule has 0 aromatic carbocycles. The van der Waals surface area contributed by atoms with Gasteiger partial charge in [-0.05, 0) is 39.3 Å². The van der Waals surface area contributed by atoms with Crippen molar-refractivity contribution in [2.75, 3.05) is 6.54 Å². The van der Waals surface area contributed by atoms with E-state index in [0.717, 1.165) is 22.8 Å². The molecule has 1 N–H and O–H groups in total. The van der Waals surface area contributed by atoms with Crippen molar-refractivity contribution >= 4 is 11.6 Å². The molecule has 22 heavy (non-hydrogen) atoms. The summed E-state index contributed by atoms with van der Waals surface area (Å²) >= 11 is 0. The van der Waals surface area contributed by atoms with E-state index in [2.05, 4.69) is 20.7 Å². The van der Waals surface area contributed by atoms with Gasteiger partial charge in [0, 0.05) is 23.9 Å². The number of nitrogens with zero attached hydrogens (tertiary/aromatic N) is 4. The molecule has 0 aliphatic heterocycles. The second-order valence-corrected chi connectivity index (χ2v) is 5.20. The molecule has 0 aliphatic rings. The molecule has 3 rings (SSSR count). The molecule has 3 aromatic heterocycles. The molecule has 1 amide bonds. The molecular formula is C15H17N5O2. The lowest BCUT2D eigenvalue weighted by Crippen LogP contribution is -2.26. The maximum atomic E-state index is 12.2. The third-order valence-corrected chi connectivity index (χ3v) is 3.68. The van der Waals surface area contributed by atoms with Gasteiger partial charge < -0.3 is 9.84 Å². The SMILES string of the molecule is Cc1noc(C)c1CCNC(=O)c1ccn2c(C)nnc2c1. The van der Waals surface area contributed by atoms with E-state index in [1.165, 1.54) is 0 Å². The molecule has 0 saturated carbocycles. The van der Waals surface area contributed by atoms with Crippen LogP contribution < -0.4 is 5.32 Å². The van der Waals surface area contributed by atoms with Crippen molar-refractivity contribution in [2.45, 2.75) is 27.2 Å². The quantitative estimate of drug-likeness (QED) is 0.791. The Morgan fingerprint density at radius 2 is 2.14 bits per heavy atom. The lowest BCUT2D eigenvalue weighted by Gasteiger charge is -2.05. The second-order valence-electron chi connectivity index (χ2n) is 5.20. The molecule has 0 spiro atoms. The van der Waals surface area contributed by atoms with Crippen LogP contribution in [0.15, 0.2) is 22.9 Å². The number of pyridine rings is 1. The number of amides is 1. The number of fused-ring (bicyclic) bond motifs is 1. The third-order valence-electron chi connectivity index (χ3n) is 3.68. The Kier molecular flexibility index (Phi) is 3.62. The van der Waals surface area contributed by atoms with Crippen LogP contribution in [-0.4, -0.2) is 32.2 Å². The Bertz CT molecular complexity index is 814. The maximum absolute atomic E-state index is 12.2. The molecule has 114 valence electrons.